The van der Waals surface area contributed by atoms with Crippen molar-refractivity contribution in [1.29, 1.82) is 0 Å². The second-order valence-electron chi connectivity index (χ2n) is 7.85. The summed E-state index contributed by atoms with van der Waals surface area (Å²) in [4.78, 5) is 23.8. The molecule has 5 nitrogen and oxygen atoms in total. The number of benzene rings is 2. The zero-order chi connectivity index (χ0) is 21.1. The number of piperidine rings is 3. The van der Waals surface area contributed by atoms with Crippen LogP contribution >= 0.6 is 11.5 Å². The number of carbonyl (C=O) groups is 2. The van der Waals surface area contributed by atoms with Gasteiger partial charge in [-0.15, -0.1) is 0 Å². The van der Waals surface area contributed by atoms with Gasteiger partial charge < -0.3 is 10.0 Å². The van der Waals surface area contributed by atoms with Gasteiger partial charge in [-0.1, -0.05) is 30.3 Å². The maximum Gasteiger partial charge on any atom is 0.290 e. The summed E-state index contributed by atoms with van der Waals surface area (Å²) in [6.45, 7) is 3.18. The Labute approximate surface area is 178 Å². The van der Waals surface area contributed by atoms with Crippen LogP contribution in [0, 0.1) is 17.7 Å². The standard InChI is InChI=1S/C22H21FN2OS.CH2O2/c23-19-4-2-1-3-17(19)15-5-6-18-21(12-15)27-24-22(18)20(26)11-16-13-25-9-7-14(16)8-10-25;2-1-3/h1-6,12,14,16H,7-11,13H2;1H,(H,2,3)/t16-;/m1./s1. The molecular formula is C23H23FN2O3S. The second-order valence-corrected chi connectivity index (χ2v) is 8.66. The van der Waals surface area contributed by atoms with E-state index in [1.807, 2.05) is 24.3 Å². The van der Waals surface area contributed by atoms with E-state index in [1.165, 1.54) is 43.5 Å². The minimum atomic E-state index is -0.250. The fourth-order valence-electron chi connectivity index (χ4n) is 4.66. The quantitative estimate of drug-likeness (QED) is 0.483. The molecule has 3 saturated heterocycles. The number of hydrogen-bond acceptors (Lipinski definition) is 5. The number of Topliss-reactive ketones (excluding diaryl/α,β-unsaturated/α-hetero) is 1. The van der Waals surface area contributed by atoms with Gasteiger partial charge in [0.05, 0.1) is 4.70 Å². The lowest BCUT2D eigenvalue weighted by Crippen LogP contribution is -2.47. The van der Waals surface area contributed by atoms with E-state index in [9.17, 15) is 9.18 Å². The topological polar surface area (TPSA) is 70.5 Å². The molecule has 2 bridgehead atoms. The Balaban J connectivity index is 0.000000687. The first-order valence-corrected chi connectivity index (χ1v) is 10.9. The van der Waals surface area contributed by atoms with Gasteiger partial charge in [0, 0.05) is 23.9 Å². The van der Waals surface area contributed by atoms with Crippen molar-refractivity contribution in [2.75, 3.05) is 19.6 Å². The lowest BCUT2D eigenvalue weighted by atomic mass is 9.76. The van der Waals surface area contributed by atoms with Gasteiger partial charge in [0.25, 0.3) is 6.47 Å². The predicted molar refractivity (Wildman–Crippen MR) is 115 cm³/mol. The van der Waals surface area contributed by atoms with E-state index in [1.54, 1.807) is 12.1 Å². The number of halogens is 1. The molecular weight excluding hydrogens is 403 g/mol. The Kier molecular flexibility index (Phi) is 6.20. The van der Waals surface area contributed by atoms with Crippen molar-refractivity contribution in [2.45, 2.75) is 19.3 Å². The number of aromatic nitrogens is 1. The van der Waals surface area contributed by atoms with Crippen molar-refractivity contribution < 1.29 is 19.1 Å². The molecule has 0 amide bonds. The van der Waals surface area contributed by atoms with E-state index in [2.05, 4.69) is 9.27 Å². The highest BCUT2D eigenvalue weighted by atomic mass is 32.1. The Hall–Kier alpha value is -2.64. The molecule has 0 aliphatic carbocycles. The Morgan fingerprint density at radius 3 is 2.63 bits per heavy atom. The van der Waals surface area contributed by atoms with Gasteiger partial charge in [0.2, 0.25) is 0 Å². The van der Waals surface area contributed by atoms with Crippen molar-refractivity contribution in [2.24, 2.45) is 11.8 Å². The normalized spacial score (nSPS) is 22.4. The number of carboxylic acid groups (broad SMARTS) is 1. The fourth-order valence-corrected chi connectivity index (χ4v) is 5.49. The van der Waals surface area contributed by atoms with E-state index in [0.29, 0.717) is 29.5 Å². The molecule has 2 aromatic carbocycles. The summed E-state index contributed by atoms with van der Waals surface area (Å²) in [6.07, 6.45) is 3.04. The third-order valence-electron chi connectivity index (χ3n) is 6.16. The summed E-state index contributed by atoms with van der Waals surface area (Å²) in [5.74, 6) is 1.07. The third-order valence-corrected chi connectivity index (χ3v) is 6.97. The van der Waals surface area contributed by atoms with Gasteiger partial charge in [-0.25, -0.2) is 4.39 Å². The number of ketones is 1. The first-order chi connectivity index (χ1) is 14.6. The summed E-state index contributed by atoms with van der Waals surface area (Å²) in [5, 5.41) is 7.78. The number of fused-ring (bicyclic) bond motifs is 4. The molecule has 1 atom stereocenters. The van der Waals surface area contributed by atoms with Crippen LogP contribution in [0.1, 0.15) is 29.8 Å². The smallest absolute Gasteiger partial charge is 0.290 e. The number of nitrogens with zero attached hydrogens (tertiary/aromatic N) is 2. The lowest BCUT2D eigenvalue weighted by molar-refractivity contribution is -0.122. The highest BCUT2D eigenvalue weighted by molar-refractivity contribution is 7.13. The van der Waals surface area contributed by atoms with Crippen molar-refractivity contribution in [3.63, 3.8) is 0 Å². The number of rotatable bonds is 4. The van der Waals surface area contributed by atoms with Crippen LogP contribution in [-0.2, 0) is 4.79 Å². The highest BCUT2D eigenvalue weighted by Crippen LogP contribution is 2.36. The number of carbonyl (C=O) groups excluding carboxylic acids is 1. The minimum absolute atomic E-state index is 0.152. The maximum absolute atomic E-state index is 14.1. The monoisotopic (exact) mass is 426 g/mol. The summed E-state index contributed by atoms with van der Waals surface area (Å²) in [7, 11) is 0. The molecule has 3 aromatic rings. The van der Waals surface area contributed by atoms with Crippen molar-refractivity contribution in [1.82, 2.24) is 9.27 Å². The van der Waals surface area contributed by atoms with Crippen LogP contribution in [-0.4, -0.2) is 46.3 Å². The molecule has 0 radical (unpaired) electrons. The van der Waals surface area contributed by atoms with Gasteiger partial charge in [-0.05, 0) is 67.0 Å². The van der Waals surface area contributed by atoms with E-state index < -0.39 is 0 Å². The summed E-state index contributed by atoms with van der Waals surface area (Å²) in [6, 6.07) is 12.5. The summed E-state index contributed by atoms with van der Waals surface area (Å²) < 4.78 is 19.5. The Morgan fingerprint density at radius 2 is 1.97 bits per heavy atom. The first kappa shape index (κ1) is 20.6. The van der Waals surface area contributed by atoms with Crippen LogP contribution in [0.15, 0.2) is 42.5 Å². The lowest BCUT2D eigenvalue weighted by Gasteiger charge is -2.44. The molecule has 1 aromatic heterocycles. The molecule has 30 heavy (non-hydrogen) atoms. The van der Waals surface area contributed by atoms with Gasteiger partial charge in [-0.3, -0.25) is 9.59 Å². The van der Waals surface area contributed by atoms with E-state index >= 15 is 0 Å². The molecule has 0 unspecified atom stereocenters. The van der Waals surface area contributed by atoms with E-state index in [0.717, 1.165) is 22.2 Å². The Morgan fingerprint density at radius 1 is 1.23 bits per heavy atom. The second kappa shape index (κ2) is 9.02. The molecule has 156 valence electrons. The average Bonchev–Trinajstić information content (AvgIpc) is 3.19. The summed E-state index contributed by atoms with van der Waals surface area (Å²) in [5.41, 5.74) is 1.99. The fraction of sp³-hybridized carbons (Fsp3) is 0.348. The van der Waals surface area contributed by atoms with Crippen LogP contribution in [0.25, 0.3) is 21.2 Å². The van der Waals surface area contributed by atoms with Crippen LogP contribution in [0.2, 0.25) is 0 Å². The third kappa shape index (κ3) is 4.13. The van der Waals surface area contributed by atoms with Crippen molar-refractivity contribution >= 4 is 33.9 Å². The van der Waals surface area contributed by atoms with Gasteiger partial charge in [0.1, 0.15) is 11.5 Å². The average molecular weight is 427 g/mol. The maximum atomic E-state index is 14.1. The molecule has 6 rings (SSSR count). The van der Waals surface area contributed by atoms with Crippen LogP contribution in [0.3, 0.4) is 0 Å². The molecule has 0 saturated carbocycles. The summed E-state index contributed by atoms with van der Waals surface area (Å²) >= 11 is 1.33. The molecule has 3 fully saturated rings. The van der Waals surface area contributed by atoms with Gasteiger partial charge in [-0.2, -0.15) is 4.37 Å². The highest BCUT2D eigenvalue weighted by Gasteiger charge is 2.35. The molecule has 4 heterocycles. The SMILES string of the molecule is O=C(C[C@@H]1CN2CCC1CC2)c1nsc2cc(-c3ccccc3F)ccc12.O=CO. The van der Waals surface area contributed by atoms with Gasteiger partial charge >= 0.3 is 0 Å². The number of hydrogen-bond donors (Lipinski definition) is 1. The molecule has 1 N–H and O–H groups in total. The largest absolute Gasteiger partial charge is 0.483 e. The van der Waals surface area contributed by atoms with E-state index in [-0.39, 0.29) is 18.1 Å². The molecule has 3 aliphatic rings. The minimum Gasteiger partial charge on any atom is -0.483 e. The first-order valence-electron chi connectivity index (χ1n) is 10.1. The van der Waals surface area contributed by atoms with Crippen LogP contribution in [0.4, 0.5) is 4.39 Å². The van der Waals surface area contributed by atoms with Gasteiger partial charge in [0.15, 0.2) is 5.78 Å². The molecule has 7 heteroatoms. The van der Waals surface area contributed by atoms with E-state index in [4.69, 9.17) is 9.90 Å². The Bertz CT molecular complexity index is 1060. The molecule has 0 spiro atoms. The zero-order valence-corrected chi connectivity index (χ0v) is 17.3. The predicted octanol–water partition coefficient (Wildman–Crippen LogP) is 4.72. The zero-order valence-electron chi connectivity index (χ0n) is 16.5. The van der Waals surface area contributed by atoms with Crippen LogP contribution < -0.4 is 0 Å². The van der Waals surface area contributed by atoms with Crippen molar-refractivity contribution in [3.05, 3.63) is 54.0 Å². The van der Waals surface area contributed by atoms with Crippen LogP contribution in [0.5, 0.6) is 0 Å². The molecule has 3 aliphatic heterocycles. The van der Waals surface area contributed by atoms with Crippen molar-refractivity contribution in [3.8, 4) is 11.1 Å².